The van der Waals surface area contributed by atoms with Crippen LogP contribution in [-0.2, 0) is 14.3 Å². The average molecular weight is 380 g/mol. The van der Waals surface area contributed by atoms with Crippen LogP contribution in [0, 0.1) is 0 Å². The third-order valence-electron chi connectivity index (χ3n) is 4.38. The van der Waals surface area contributed by atoms with Gasteiger partial charge in [-0.1, -0.05) is 0 Å². The fourth-order valence-corrected chi connectivity index (χ4v) is 3.02. The van der Waals surface area contributed by atoms with Crippen molar-refractivity contribution in [2.24, 2.45) is 0 Å². The molecule has 11 heteroatoms. The van der Waals surface area contributed by atoms with Crippen molar-refractivity contribution in [3.63, 3.8) is 0 Å². The van der Waals surface area contributed by atoms with Crippen LogP contribution in [0.15, 0.2) is 0 Å². The van der Waals surface area contributed by atoms with Gasteiger partial charge in [0.25, 0.3) is 0 Å². The minimum absolute atomic E-state index is 0.0706. The Bertz CT molecular complexity index is 478. The maximum Gasteiger partial charge on any atom is 0.336 e. The largest absolute Gasteiger partial charge is 0.479 e. The van der Waals surface area contributed by atoms with E-state index in [0.29, 0.717) is 0 Å². The molecule has 1 heterocycles. The molecule has 1 aliphatic rings. The molecule has 1 rings (SSSR count). The highest BCUT2D eigenvalue weighted by molar-refractivity contribution is 5.79. The van der Waals surface area contributed by atoms with Crippen LogP contribution in [0.2, 0.25) is 0 Å². The Hall–Kier alpha value is -1.34. The normalized spacial score (nSPS) is 31.2. The van der Waals surface area contributed by atoms with Gasteiger partial charge in [0.1, 0.15) is 18.3 Å². The molecule has 0 aromatic carbocycles. The maximum atomic E-state index is 11.8. The molecule has 11 nitrogen and oxygen atoms in total. The van der Waals surface area contributed by atoms with Crippen molar-refractivity contribution < 1.29 is 45.0 Å². The molecule has 0 radical (unpaired) electrons. The first kappa shape index (κ1) is 22.7. The zero-order valence-corrected chi connectivity index (χ0v) is 14.5. The first-order valence-electron chi connectivity index (χ1n) is 8.33. The minimum Gasteiger partial charge on any atom is -0.479 e. The van der Waals surface area contributed by atoms with Gasteiger partial charge in [0.15, 0.2) is 5.60 Å². The summed E-state index contributed by atoms with van der Waals surface area (Å²) < 4.78 is 5.56. The topological polar surface area (TPSA) is 189 Å². The smallest absolute Gasteiger partial charge is 0.336 e. The second-order valence-corrected chi connectivity index (χ2v) is 6.34. The predicted octanol–water partition coefficient (Wildman–Crippen LogP) is -3.85. The third kappa shape index (κ3) is 5.33. The Balaban J connectivity index is 3.15. The van der Waals surface area contributed by atoms with Crippen molar-refractivity contribution in [1.29, 1.82) is 0 Å². The van der Waals surface area contributed by atoms with Crippen LogP contribution >= 0.6 is 0 Å². The number of aliphatic hydroxyl groups excluding tert-OH is 5. The summed E-state index contributed by atoms with van der Waals surface area (Å²) in [6.07, 6.45) is -6.78. The second-order valence-electron chi connectivity index (χ2n) is 6.34. The van der Waals surface area contributed by atoms with Crippen molar-refractivity contribution in [2.75, 3.05) is 26.8 Å². The molecule has 0 aromatic heterocycles. The van der Waals surface area contributed by atoms with Gasteiger partial charge >= 0.3 is 5.97 Å². The molecule has 0 spiro atoms. The van der Waals surface area contributed by atoms with E-state index in [4.69, 9.17) is 14.9 Å². The highest BCUT2D eigenvalue weighted by Gasteiger charge is 2.54. The van der Waals surface area contributed by atoms with Gasteiger partial charge in [0.05, 0.1) is 25.3 Å². The first-order valence-corrected chi connectivity index (χ1v) is 8.33. The molecule has 0 aromatic rings. The molecule has 1 saturated heterocycles. The zero-order chi connectivity index (χ0) is 19.9. The van der Waals surface area contributed by atoms with Crippen LogP contribution < -0.4 is 10.6 Å². The van der Waals surface area contributed by atoms with Crippen LogP contribution in [0.1, 0.15) is 19.3 Å². The number of carbonyl (C=O) groups excluding carboxylic acids is 1. The molecule has 0 aliphatic carbocycles. The van der Waals surface area contributed by atoms with E-state index in [1.165, 1.54) is 7.05 Å². The van der Waals surface area contributed by atoms with E-state index in [-0.39, 0.29) is 32.4 Å². The van der Waals surface area contributed by atoms with E-state index in [9.17, 15) is 30.0 Å². The molecular weight excluding hydrogens is 352 g/mol. The summed E-state index contributed by atoms with van der Waals surface area (Å²) in [5, 5.41) is 63.1. The minimum atomic E-state index is -1.91. The van der Waals surface area contributed by atoms with E-state index in [0.717, 1.165) is 0 Å². The molecule has 0 saturated carbocycles. The van der Waals surface area contributed by atoms with Crippen molar-refractivity contribution in [3.05, 3.63) is 0 Å². The molecule has 152 valence electrons. The Morgan fingerprint density at radius 1 is 1.31 bits per heavy atom. The van der Waals surface area contributed by atoms with E-state index in [1.54, 1.807) is 0 Å². The quantitative estimate of drug-likeness (QED) is 0.186. The lowest BCUT2D eigenvalue weighted by Crippen LogP contribution is -2.67. The van der Waals surface area contributed by atoms with Crippen LogP contribution in [-0.4, -0.2) is 105 Å². The number of amides is 1. The number of rotatable bonds is 10. The van der Waals surface area contributed by atoms with Gasteiger partial charge in [0, 0.05) is 13.0 Å². The zero-order valence-electron chi connectivity index (χ0n) is 14.5. The van der Waals surface area contributed by atoms with E-state index in [1.807, 2.05) is 0 Å². The lowest BCUT2D eigenvalue weighted by molar-refractivity contribution is -0.231. The van der Waals surface area contributed by atoms with Gasteiger partial charge in [-0.15, -0.1) is 0 Å². The Kier molecular flexibility index (Phi) is 8.83. The van der Waals surface area contributed by atoms with Gasteiger partial charge in [0.2, 0.25) is 5.91 Å². The first-order chi connectivity index (χ1) is 12.2. The van der Waals surface area contributed by atoms with Crippen molar-refractivity contribution in [2.45, 2.75) is 55.3 Å². The summed E-state index contributed by atoms with van der Waals surface area (Å²) in [5.41, 5.74) is -1.91. The summed E-state index contributed by atoms with van der Waals surface area (Å²) in [6, 6.07) is -1.20. The van der Waals surface area contributed by atoms with Crippen molar-refractivity contribution in [1.82, 2.24) is 10.6 Å². The summed E-state index contributed by atoms with van der Waals surface area (Å²) >= 11 is 0. The SMILES string of the molecule is CNCC(=O)NC1C(O)CC(CCCO)(C(=O)O)OC1[C@H](O)[C@H](O)CO. The third-order valence-corrected chi connectivity index (χ3v) is 4.38. The Morgan fingerprint density at radius 3 is 2.46 bits per heavy atom. The molecule has 1 amide bonds. The number of carboxylic acid groups (broad SMARTS) is 1. The summed E-state index contributed by atoms with van der Waals surface area (Å²) in [5.74, 6) is -1.94. The summed E-state index contributed by atoms with van der Waals surface area (Å²) in [7, 11) is 1.53. The highest BCUT2D eigenvalue weighted by atomic mass is 16.6. The fourth-order valence-electron chi connectivity index (χ4n) is 3.02. The molecule has 0 bridgehead atoms. The molecule has 1 aliphatic heterocycles. The van der Waals surface area contributed by atoms with Crippen molar-refractivity contribution in [3.8, 4) is 0 Å². The van der Waals surface area contributed by atoms with Gasteiger partial charge < -0.3 is 46.0 Å². The van der Waals surface area contributed by atoms with Gasteiger partial charge in [-0.05, 0) is 19.9 Å². The molecular formula is C15H28N2O9. The van der Waals surface area contributed by atoms with E-state index >= 15 is 0 Å². The average Bonchev–Trinajstić information content (AvgIpc) is 2.60. The number of likely N-dealkylation sites (N-methyl/N-ethyl adjacent to an activating group) is 1. The molecule has 6 atom stereocenters. The second kappa shape index (κ2) is 10.1. The highest BCUT2D eigenvalue weighted by Crippen LogP contribution is 2.35. The lowest BCUT2D eigenvalue weighted by Gasteiger charge is -2.47. The fraction of sp³-hybridized carbons (Fsp3) is 0.867. The summed E-state index contributed by atoms with van der Waals surface area (Å²) in [4.78, 5) is 23.6. The van der Waals surface area contributed by atoms with Gasteiger partial charge in [-0.25, -0.2) is 4.79 Å². The molecule has 8 N–H and O–H groups in total. The standard InChI is InChI=1S/C15H28N2O9/c1-16-6-10(22)17-11-8(20)5-15(14(24)25,3-2-4-18)26-13(11)12(23)9(21)7-19/h8-9,11-13,16,18-21,23H,2-7H2,1H3,(H,17,22)(H,24,25)/t8?,9-,11?,12-,13?,15?/m1/s1. The number of carboxylic acids is 1. The maximum absolute atomic E-state index is 11.8. The van der Waals surface area contributed by atoms with Crippen LogP contribution in [0.4, 0.5) is 0 Å². The molecule has 4 unspecified atom stereocenters. The number of hydrogen-bond donors (Lipinski definition) is 8. The Labute approximate surface area is 150 Å². The van der Waals surface area contributed by atoms with Crippen LogP contribution in [0.3, 0.4) is 0 Å². The predicted molar refractivity (Wildman–Crippen MR) is 87.1 cm³/mol. The monoisotopic (exact) mass is 380 g/mol. The van der Waals surface area contributed by atoms with Crippen LogP contribution in [0.5, 0.6) is 0 Å². The summed E-state index contributed by atoms with van der Waals surface area (Å²) in [6.45, 7) is -1.22. The lowest BCUT2D eigenvalue weighted by atomic mass is 9.81. The van der Waals surface area contributed by atoms with E-state index < -0.39 is 54.5 Å². The number of nitrogens with one attached hydrogen (secondary N) is 2. The number of aliphatic carboxylic acids is 1. The molecule has 26 heavy (non-hydrogen) atoms. The van der Waals surface area contributed by atoms with Gasteiger partial charge in [-0.3, -0.25) is 4.79 Å². The van der Waals surface area contributed by atoms with Crippen LogP contribution in [0.25, 0.3) is 0 Å². The number of hydrogen-bond acceptors (Lipinski definition) is 9. The Morgan fingerprint density at radius 2 is 1.96 bits per heavy atom. The van der Waals surface area contributed by atoms with Crippen molar-refractivity contribution >= 4 is 11.9 Å². The molecule has 1 fully saturated rings. The van der Waals surface area contributed by atoms with E-state index in [2.05, 4.69) is 10.6 Å². The van der Waals surface area contributed by atoms with Gasteiger partial charge in [-0.2, -0.15) is 0 Å². The number of carbonyl (C=O) groups is 2. The number of aliphatic hydroxyl groups is 5. The number of ether oxygens (including phenoxy) is 1.